The number of benzene rings is 1. The van der Waals surface area contributed by atoms with Crippen molar-refractivity contribution in [2.75, 3.05) is 6.54 Å². The average molecular weight is 270 g/mol. The maximum absolute atomic E-state index is 4.57. The maximum atomic E-state index is 4.57. The van der Waals surface area contributed by atoms with E-state index in [4.69, 9.17) is 0 Å². The molecule has 1 N–H and O–H groups in total. The lowest BCUT2D eigenvalue weighted by atomic mass is 9.88. The molecule has 0 aliphatic heterocycles. The molecule has 2 atom stereocenters. The van der Waals surface area contributed by atoms with Crippen LogP contribution in [0.15, 0.2) is 36.5 Å². The molecule has 20 heavy (non-hydrogen) atoms. The molecule has 2 rings (SSSR count). The Morgan fingerprint density at radius 2 is 1.85 bits per heavy atom. The number of nitrogens with zero attached hydrogens (tertiary/aromatic N) is 1. The van der Waals surface area contributed by atoms with Crippen LogP contribution in [0.25, 0.3) is 10.9 Å². The fourth-order valence-electron chi connectivity index (χ4n) is 2.31. The fraction of sp³-hybridized carbons (Fsp3) is 0.500. The second-order valence-electron chi connectivity index (χ2n) is 6.86. The molecule has 0 spiro atoms. The number of hydrogen-bond acceptors (Lipinski definition) is 2. The number of hydrogen-bond donors (Lipinski definition) is 1. The Bertz CT molecular complexity index is 569. The lowest BCUT2D eigenvalue weighted by Gasteiger charge is -2.26. The molecule has 0 saturated heterocycles. The second kappa shape index (κ2) is 5.92. The first-order chi connectivity index (χ1) is 9.37. The third-order valence-corrected chi connectivity index (χ3v) is 3.95. The lowest BCUT2D eigenvalue weighted by molar-refractivity contribution is 0.359. The van der Waals surface area contributed by atoms with Crippen molar-refractivity contribution in [2.24, 2.45) is 5.92 Å². The molecule has 0 saturated carbocycles. The van der Waals surface area contributed by atoms with Gasteiger partial charge in [-0.1, -0.05) is 32.0 Å². The number of nitrogens with one attached hydrogen (secondary N) is 1. The smallest absolute Gasteiger partial charge is 0.0702 e. The zero-order valence-electron chi connectivity index (χ0n) is 13.3. The first-order valence-corrected chi connectivity index (χ1v) is 7.46. The van der Waals surface area contributed by atoms with Gasteiger partial charge >= 0.3 is 0 Å². The lowest BCUT2D eigenvalue weighted by Crippen LogP contribution is -2.39. The van der Waals surface area contributed by atoms with E-state index in [0.29, 0.717) is 11.8 Å². The fourth-order valence-corrected chi connectivity index (χ4v) is 2.31. The zero-order chi connectivity index (χ0) is 14.8. The molecule has 0 aliphatic rings. The summed E-state index contributed by atoms with van der Waals surface area (Å²) >= 11 is 0. The standard InChI is InChI=1S/C18H26N2/c1-13(11-20-18(3,4)5)14(2)16-10-15-8-6-7-9-17(15)19-12-16/h6-10,12-14,20H,11H2,1-5H3. The van der Waals surface area contributed by atoms with Crippen LogP contribution < -0.4 is 5.32 Å². The van der Waals surface area contributed by atoms with Crippen molar-refractivity contribution >= 4 is 10.9 Å². The molecule has 0 bridgehead atoms. The van der Waals surface area contributed by atoms with E-state index in [-0.39, 0.29) is 5.54 Å². The Morgan fingerprint density at radius 1 is 1.15 bits per heavy atom. The van der Waals surface area contributed by atoms with Crippen molar-refractivity contribution in [3.63, 3.8) is 0 Å². The predicted molar refractivity (Wildman–Crippen MR) is 87.1 cm³/mol. The van der Waals surface area contributed by atoms with Gasteiger partial charge in [-0.2, -0.15) is 0 Å². The minimum atomic E-state index is 0.176. The summed E-state index contributed by atoms with van der Waals surface area (Å²) in [5, 5.41) is 4.82. The summed E-state index contributed by atoms with van der Waals surface area (Å²) in [7, 11) is 0. The molecule has 0 fully saturated rings. The van der Waals surface area contributed by atoms with E-state index in [9.17, 15) is 0 Å². The van der Waals surface area contributed by atoms with E-state index in [1.54, 1.807) is 0 Å². The third-order valence-electron chi connectivity index (χ3n) is 3.95. The highest BCUT2D eigenvalue weighted by Crippen LogP contribution is 2.26. The number of fused-ring (bicyclic) bond motifs is 1. The largest absolute Gasteiger partial charge is 0.312 e. The second-order valence-corrected chi connectivity index (χ2v) is 6.86. The van der Waals surface area contributed by atoms with Gasteiger partial charge in [0, 0.05) is 17.1 Å². The number of rotatable bonds is 4. The zero-order valence-corrected chi connectivity index (χ0v) is 13.3. The number of para-hydroxylation sites is 1. The first-order valence-electron chi connectivity index (χ1n) is 7.46. The van der Waals surface area contributed by atoms with Gasteiger partial charge in [-0.3, -0.25) is 4.98 Å². The highest BCUT2D eigenvalue weighted by atomic mass is 14.9. The molecular formula is C18H26N2. The van der Waals surface area contributed by atoms with E-state index in [2.05, 4.69) is 69.2 Å². The molecule has 0 radical (unpaired) electrons. The summed E-state index contributed by atoms with van der Waals surface area (Å²) in [5.41, 5.74) is 2.58. The van der Waals surface area contributed by atoms with Crippen molar-refractivity contribution in [3.8, 4) is 0 Å². The highest BCUT2D eigenvalue weighted by Gasteiger charge is 2.17. The van der Waals surface area contributed by atoms with Gasteiger partial charge < -0.3 is 5.32 Å². The third kappa shape index (κ3) is 3.80. The quantitative estimate of drug-likeness (QED) is 0.892. The van der Waals surface area contributed by atoms with Crippen LogP contribution in [0.4, 0.5) is 0 Å². The van der Waals surface area contributed by atoms with Crippen molar-refractivity contribution in [1.29, 1.82) is 0 Å². The Hall–Kier alpha value is -1.41. The van der Waals surface area contributed by atoms with Crippen LogP contribution in [-0.4, -0.2) is 17.1 Å². The van der Waals surface area contributed by atoms with Gasteiger partial charge in [0.15, 0.2) is 0 Å². The van der Waals surface area contributed by atoms with Gasteiger partial charge in [-0.15, -0.1) is 0 Å². The van der Waals surface area contributed by atoms with Crippen molar-refractivity contribution < 1.29 is 0 Å². The topological polar surface area (TPSA) is 24.9 Å². The van der Waals surface area contributed by atoms with Crippen LogP contribution in [0.1, 0.15) is 46.1 Å². The molecule has 2 aromatic rings. The summed E-state index contributed by atoms with van der Waals surface area (Å²) in [4.78, 5) is 4.57. The minimum absolute atomic E-state index is 0.176. The summed E-state index contributed by atoms with van der Waals surface area (Å²) in [6, 6.07) is 10.6. The first kappa shape index (κ1) is 15.0. The van der Waals surface area contributed by atoms with Gasteiger partial charge in [0.2, 0.25) is 0 Å². The van der Waals surface area contributed by atoms with Crippen LogP contribution in [0.3, 0.4) is 0 Å². The summed E-state index contributed by atoms with van der Waals surface area (Å²) < 4.78 is 0. The molecule has 2 nitrogen and oxygen atoms in total. The Labute approximate surface area is 122 Å². The molecule has 108 valence electrons. The molecule has 1 aromatic heterocycles. The summed E-state index contributed by atoms with van der Waals surface area (Å²) in [6.45, 7) is 12.3. The molecule has 0 amide bonds. The normalized spacial score (nSPS) is 15.2. The van der Waals surface area contributed by atoms with Crippen LogP contribution in [0.5, 0.6) is 0 Å². The van der Waals surface area contributed by atoms with Crippen LogP contribution >= 0.6 is 0 Å². The molecule has 0 aliphatic carbocycles. The molecule has 2 unspecified atom stereocenters. The van der Waals surface area contributed by atoms with E-state index in [1.165, 1.54) is 10.9 Å². The highest BCUT2D eigenvalue weighted by molar-refractivity contribution is 5.78. The number of aromatic nitrogens is 1. The SMILES string of the molecule is CC(CNC(C)(C)C)C(C)c1cnc2ccccc2c1. The van der Waals surface area contributed by atoms with Gasteiger partial charge in [-0.05, 0) is 56.8 Å². The van der Waals surface area contributed by atoms with Crippen molar-refractivity contribution in [1.82, 2.24) is 10.3 Å². The van der Waals surface area contributed by atoms with Gasteiger partial charge in [0.05, 0.1) is 5.52 Å². The van der Waals surface area contributed by atoms with Crippen LogP contribution in [0.2, 0.25) is 0 Å². The number of pyridine rings is 1. The van der Waals surface area contributed by atoms with Gasteiger partial charge in [0.25, 0.3) is 0 Å². The van der Waals surface area contributed by atoms with E-state index in [0.717, 1.165) is 12.1 Å². The molecule has 1 aromatic carbocycles. The molecule has 2 heteroatoms. The van der Waals surface area contributed by atoms with E-state index >= 15 is 0 Å². The molecule has 1 heterocycles. The van der Waals surface area contributed by atoms with Crippen molar-refractivity contribution in [3.05, 3.63) is 42.1 Å². The van der Waals surface area contributed by atoms with Crippen molar-refractivity contribution in [2.45, 2.75) is 46.1 Å². The monoisotopic (exact) mass is 270 g/mol. The predicted octanol–water partition coefficient (Wildman–Crippen LogP) is 4.36. The molecular weight excluding hydrogens is 244 g/mol. The van der Waals surface area contributed by atoms with Crippen LogP contribution in [0, 0.1) is 5.92 Å². The summed E-state index contributed by atoms with van der Waals surface area (Å²) in [5.74, 6) is 1.08. The van der Waals surface area contributed by atoms with Gasteiger partial charge in [0.1, 0.15) is 0 Å². The average Bonchev–Trinajstić information content (AvgIpc) is 2.42. The Morgan fingerprint density at radius 3 is 2.55 bits per heavy atom. The summed E-state index contributed by atoms with van der Waals surface area (Å²) in [6.07, 6.45) is 2.03. The minimum Gasteiger partial charge on any atom is -0.312 e. The van der Waals surface area contributed by atoms with E-state index < -0.39 is 0 Å². The van der Waals surface area contributed by atoms with E-state index in [1.807, 2.05) is 12.3 Å². The maximum Gasteiger partial charge on any atom is 0.0702 e. The van der Waals surface area contributed by atoms with Gasteiger partial charge in [-0.25, -0.2) is 0 Å². The Balaban J connectivity index is 2.12. The van der Waals surface area contributed by atoms with Crippen LogP contribution in [-0.2, 0) is 0 Å². The Kier molecular flexibility index (Phi) is 4.44.